The molecule has 2 heteroatoms. The summed E-state index contributed by atoms with van der Waals surface area (Å²) in [5.74, 6) is -0.657. The van der Waals surface area contributed by atoms with Crippen molar-refractivity contribution in [2.45, 2.75) is 50.4 Å². The molecule has 1 N–H and O–H groups in total. The highest BCUT2D eigenvalue weighted by Gasteiger charge is 2.47. The minimum Gasteiger partial charge on any atom is -0.481 e. The van der Waals surface area contributed by atoms with Gasteiger partial charge in [-0.3, -0.25) is 4.79 Å². The molecule has 0 spiro atoms. The Hall–Kier alpha value is -1.31. The van der Waals surface area contributed by atoms with Gasteiger partial charge in [0.15, 0.2) is 0 Å². The maximum atomic E-state index is 11.0. The Morgan fingerprint density at radius 2 is 2.00 bits per heavy atom. The fourth-order valence-corrected chi connectivity index (χ4v) is 3.26. The number of aryl methyl sites for hydroxylation is 1. The quantitative estimate of drug-likeness (QED) is 0.866. The number of hydrogen-bond donors (Lipinski definition) is 1. The molecule has 0 aliphatic heterocycles. The molecule has 0 atom stereocenters. The second-order valence-electron chi connectivity index (χ2n) is 5.50. The highest BCUT2D eigenvalue weighted by Crippen LogP contribution is 2.53. The van der Waals surface area contributed by atoms with Gasteiger partial charge in [0.25, 0.3) is 0 Å². The first-order valence-corrected chi connectivity index (χ1v) is 6.54. The largest absolute Gasteiger partial charge is 0.481 e. The maximum Gasteiger partial charge on any atom is 0.304 e. The summed E-state index contributed by atoms with van der Waals surface area (Å²) in [5.41, 5.74) is 4.26. The third-order valence-corrected chi connectivity index (χ3v) is 4.31. The molecule has 0 aromatic heterocycles. The summed E-state index contributed by atoms with van der Waals surface area (Å²) >= 11 is 0. The number of aliphatic carboxylic acids is 1. The molecular formula is C15H18O2. The summed E-state index contributed by atoms with van der Waals surface area (Å²) < 4.78 is 0. The van der Waals surface area contributed by atoms with Crippen LogP contribution in [0.25, 0.3) is 0 Å². The summed E-state index contributed by atoms with van der Waals surface area (Å²) in [7, 11) is 0. The molecule has 90 valence electrons. The Labute approximate surface area is 102 Å². The van der Waals surface area contributed by atoms with E-state index in [2.05, 4.69) is 18.2 Å². The molecular weight excluding hydrogens is 212 g/mol. The van der Waals surface area contributed by atoms with E-state index in [0.717, 1.165) is 19.3 Å². The summed E-state index contributed by atoms with van der Waals surface area (Å²) in [5, 5.41) is 9.05. The Balaban J connectivity index is 2.00. The second-order valence-corrected chi connectivity index (χ2v) is 5.50. The van der Waals surface area contributed by atoms with Gasteiger partial charge in [0, 0.05) is 5.41 Å². The number of carboxylic acids is 1. The smallest absolute Gasteiger partial charge is 0.304 e. The molecule has 17 heavy (non-hydrogen) atoms. The van der Waals surface area contributed by atoms with Crippen molar-refractivity contribution < 1.29 is 9.90 Å². The highest BCUT2D eigenvalue weighted by molar-refractivity contribution is 5.70. The molecule has 2 aliphatic rings. The summed E-state index contributed by atoms with van der Waals surface area (Å²) in [4.78, 5) is 11.0. The zero-order chi connectivity index (χ0) is 11.9. The fourth-order valence-electron chi connectivity index (χ4n) is 3.26. The predicted octanol–water partition coefficient (Wildman–Crippen LogP) is 3.07. The zero-order valence-electron chi connectivity index (χ0n) is 10.0. The fraction of sp³-hybridized carbons (Fsp3) is 0.533. The number of carboxylic acid groups (broad SMARTS) is 1. The van der Waals surface area contributed by atoms with Crippen molar-refractivity contribution in [1.82, 2.24) is 0 Å². The molecule has 2 aliphatic carbocycles. The topological polar surface area (TPSA) is 37.3 Å². The molecule has 1 fully saturated rings. The van der Waals surface area contributed by atoms with Crippen LogP contribution in [-0.2, 0) is 23.1 Å². The van der Waals surface area contributed by atoms with E-state index in [0.29, 0.717) is 6.42 Å². The van der Waals surface area contributed by atoms with Crippen LogP contribution in [0.3, 0.4) is 0 Å². The maximum absolute atomic E-state index is 11.0. The van der Waals surface area contributed by atoms with Gasteiger partial charge in [-0.25, -0.2) is 0 Å². The van der Waals surface area contributed by atoms with Crippen LogP contribution in [0.15, 0.2) is 18.2 Å². The predicted molar refractivity (Wildman–Crippen MR) is 66.2 cm³/mol. The number of hydrogen-bond acceptors (Lipinski definition) is 1. The number of fused-ring (bicyclic) bond motifs is 1. The van der Waals surface area contributed by atoms with Crippen LogP contribution >= 0.6 is 0 Å². The lowest BCUT2D eigenvalue weighted by Crippen LogP contribution is -2.17. The summed E-state index contributed by atoms with van der Waals surface area (Å²) in [6.07, 6.45) is 7.27. The highest BCUT2D eigenvalue weighted by atomic mass is 16.4. The SMILES string of the molecule is O=C(O)CC1(c2cccc3c2CCCC3)CC1. The van der Waals surface area contributed by atoms with Crippen LogP contribution in [-0.4, -0.2) is 11.1 Å². The lowest BCUT2D eigenvalue weighted by Gasteiger charge is -2.24. The van der Waals surface area contributed by atoms with Crippen molar-refractivity contribution >= 4 is 5.97 Å². The van der Waals surface area contributed by atoms with Crippen molar-refractivity contribution in [2.24, 2.45) is 0 Å². The molecule has 1 aromatic rings. The zero-order valence-corrected chi connectivity index (χ0v) is 10.0. The Morgan fingerprint density at radius 3 is 2.71 bits per heavy atom. The van der Waals surface area contributed by atoms with Gasteiger partial charge in [0.1, 0.15) is 0 Å². The average molecular weight is 230 g/mol. The first-order chi connectivity index (χ1) is 8.21. The molecule has 1 aromatic carbocycles. The minimum atomic E-state index is -0.657. The van der Waals surface area contributed by atoms with E-state index < -0.39 is 5.97 Å². The third-order valence-electron chi connectivity index (χ3n) is 4.31. The van der Waals surface area contributed by atoms with Gasteiger partial charge in [0.05, 0.1) is 6.42 Å². The van der Waals surface area contributed by atoms with E-state index in [1.807, 2.05) is 0 Å². The molecule has 0 bridgehead atoms. The van der Waals surface area contributed by atoms with E-state index in [-0.39, 0.29) is 5.41 Å². The molecule has 0 unspecified atom stereocenters. The van der Waals surface area contributed by atoms with E-state index in [4.69, 9.17) is 5.11 Å². The van der Waals surface area contributed by atoms with Crippen molar-refractivity contribution in [3.05, 3.63) is 34.9 Å². The minimum absolute atomic E-state index is 0.0193. The molecule has 3 rings (SSSR count). The van der Waals surface area contributed by atoms with E-state index in [1.54, 1.807) is 0 Å². The average Bonchev–Trinajstić information content (AvgIpc) is 3.08. The van der Waals surface area contributed by atoms with Crippen molar-refractivity contribution in [2.75, 3.05) is 0 Å². The van der Waals surface area contributed by atoms with Crippen LogP contribution in [0.5, 0.6) is 0 Å². The number of benzene rings is 1. The van der Waals surface area contributed by atoms with Crippen LogP contribution in [0.4, 0.5) is 0 Å². The summed E-state index contributed by atoms with van der Waals surface area (Å²) in [6.45, 7) is 0. The number of rotatable bonds is 3. The van der Waals surface area contributed by atoms with E-state index in [9.17, 15) is 4.79 Å². The van der Waals surface area contributed by atoms with Gasteiger partial charge < -0.3 is 5.11 Å². The standard InChI is InChI=1S/C15H18O2/c16-14(17)10-15(8-9-15)13-7-3-5-11-4-1-2-6-12(11)13/h3,5,7H,1-2,4,6,8-10H2,(H,16,17). The van der Waals surface area contributed by atoms with Gasteiger partial charge in [-0.1, -0.05) is 18.2 Å². The van der Waals surface area contributed by atoms with Gasteiger partial charge in [-0.2, -0.15) is 0 Å². The summed E-state index contributed by atoms with van der Waals surface area (Å²) in [6, 6.07) is 6.50. The molecule has 0 amide bonds. The van der Waals surface area contributed by atoms with E-state index >= 15 is 0 Å². The van der Waals surface area contributed by atoms with E-state index in [1.165, 1.54) is 36.0 Å². The van der Waals surface area contributed by atoms with Crippen molar-refractivity contribution in [3.8, 4) is 0 Å². The Kier molecular flexibility index (Phi) is 2.46. The molecule has 0 radical (unpaired) electrons. The van der Waals surface area contributed by atoms with Gasteiger partial charge in [0.2, 0.25) is 0 Å². The second kappa shape index (κ2) is 3.86. The van der Waals surface area contributed by atoms with Crippen LogP contribution < -0.4 is 0 Å². The normalized spacial score (nSPS) is 20.7. The van der Waals surface area contributed by atoms with Crippen molar-refractivity contribution in [1.29, 1.82) is 0 Å². The first-order valence-electron chi connectivity index (χ1n) is 6.54. The molecule has 0 saturated heterocycles. The monoisotopic (exact) mass is 230 g/mol. The van der Waals surface area contributed by atoms with Crippen molar-refractivity contribution in [3.63, 3.8) is 0 Å². The van der Waals surface area contributed by atoms with Crippen LogP contribution in [0.2, 0.25) is 0 Å². The molecule has 0 heterocycles. The van der Waals surface area contributed by atoms with Gasteiger partial charge in [-0.05, 0) is 55.2 Å². The van der Waals surface area contributed by atoms with Crippen LogP contribution in [0, 0.1) is 0 Å². The Bertz CT molecular complexity index is 458. The molecule has 2 nitrogen and oxygen atoms in total. The van der Waals surface area contributed by atoms with Gasteiger partial charge >= 0.3 is 5.97 Å². The lowest BCUT2D eigenvalue weighted by atomic mass is 9.81. The lowest BCUT2D eigenvalue weighted by molar-refractivity contribution is -0.137. The van der Waals surface area contributed by atoms with Crippen LogP contribution in [0.1, 0.15) is 48.8 Å². The third kappa shape index (κ3) is 1.86. The number of carbonyl (C=O) groups is 1. The first kappa shape index (κ1) is 10.8. The van der Waals surface area contributed by atoms with Gasteiger partial charge in [-0.15, -0.1) is 0 Å². The molecule has 1 saturated carbocycles. The Morgan fingerprint density at radius 1 is 1.24 bits per heavy atom.